The summed E-state index contributed by atoms with van der Waals surface area (Å²) in [6.07, 6.45) is 1.93. The molecule has 1 heterocycles. The molecule has 12 heavy (non-hydrogen) atoms. The van der Waals surface area contributed by atoms with Crippen LogP contribution in [0.5, 0.6) is 0 Å². The molecule has 1 aromatic heterocycles. The van der Waals surface area contributed by atoms with Crippen molar-refractivity contribution in [1.29, 1.82) is 0 Å². The van der Waals surface area contributed by atoms with E-state index in [4.69, 9.17) is 21.8 Å². The van der Waals surface area contributed by atoms with Crippen molar-refractivity contribution in [3.05, 3.63) is 34.8 Å². The van der Waals surface area contributed by atoms with Gasteiger partial charge < -0.3 is 10.2 Å². The molecular weight excluding hydrogens is 174 g/mol. The van der Waals surface area contributed by atoms with Crippen LogP contribution >= 0.6 is 11.6 Å². The summed E-state index contributed by atoms with van der Waals surface area (Å²) in [5.41, 5.74) is 6.94. The largest absolute Gasteiger partial charge is 0.448 e. The molecule has 0 bridgehead atoms. The van der Waals surface area contributed by atoms with Crippen LogP contribution < -0.4 is 5.73 Å². The number of allylic oxidation sites excluding steroid dienone is 1. The molecule has 0 radical (unpaired) electrons. The lowest BCUT2D eigenvalue weighted by molar-refractivity contribution is 0.495. The lowest BCUT2D eigenvalue weighted by atomic mass is 10.2. The zero-order chi connectivity index (χ0) is 9.14. The monoisotopic (exact) mass is 185 g/mol. The van der Waals surface area contributed by atoms with Gasteiger partial charge in [0.25, 0.3) is 0 Å². The van der Waals surface area contributed by atoms with Gasteiger partial charge in [-0.1, -0.05) is 11.6 Å². The molecule has 2 nitrogen and oxygen atoms in total. The van der Waals surface area contributed by atoms with Gasteiger partial charge in [0.05, 0.1) is 6.04 Å². The minimum Gasteiger partial charge on any atom is -0.448 e. The van der Waals surface area contributed by atoms with E-state index < -0.39 is 0 Å². The van der Waals surface area contributed by atoms with Crippen LogP contribution in [0, 0.1) is 0 Å². The molecule has 0 saturated heterocycles. The minimum atomic E-state index is -0.192. The second kappa shape index (κ2) is 3.78. The highest BCUT2D eigenvalue weighted by Gasteiger charge is 2.06. The van der Waals surface area contributed by atoms with Crippen LogP contribution in [0.3, 0.4) is 0 Å². The van der Waals surface area contributed by atoms with Gasteiger partial charge in [-0.3, -0.25) is 0 Å². The van der Waals surface area contributed by atoms with E-state index in [1.165, 1.54) is 0 Å². The molecule has 3 heteroatoms. The van der Waals surface area contributed by atoms with Gasteiger partial charge in [0.2, 0.25) is 0 Å². The van der Waals surface area contributed by atoms with Crippen molar-refractivity contribution >= 4 is 11.6 Å². The predicted octanol–water partition coefficient (Wildman–Crippen LogP) is 2.90. The third kappa shape index (κ3) is 2.40. The summed E-state index contributed by atoms with van der Waals surface area (Å²) in [4.78, 5) is 0. The summed E-state index contributed by atoms with van der Waals surface area (Å²) in [5.74, 6) is 0.696. The second-order valence-electron chi connectivity index (χ2n) is 2.91. The fraction of sp³-hybridized carbons (Fsp3) is 0.333. The van der Waals surface area contributed by atoms with Gasteiger partial charge in [0.15, 0.2) is 5.22 Å². The van der Waals surface area contributed by atoms with Crippen LogP contribution in [0.4, 0.5) is 0 Å². The van der Waals surface area contributed by atoms with Crippen molar-refractivity contribution in [2.24, 2.45) is 5.73 Å². The first kappa shape index (κ1) is 9.36. The molecule has 0 amide bonds. The first-order chi connectivity index (χ1) is 5.59. The van der Waals surface area contributed by atoms with Crippen LogP contribution in [0.15, 0.2) is 28.2 Å². The number of hydrogen-bond donors (Lipinski definition) is 1. The number of rotatable bonds is 2. The smallest absolute Gasteiger partial charge is 0.193 e. The van der Waals surface area contributed by atoms with E-state index in [1.54, 1.807) is 12.1 Å². The maximum atomic E-state index is 5.78. The van der Waals surface area contributed by atoms with Gasteiger partial charge >= 0.3 is 0 Å². The molecule has 0 saturated carbocycles. The molecule has 66 valence electrons. The average molecular weight is 186 g/mol. The lowest BCUT2D eigenvalue weighted by Crippen LogP contribution is -2.05. The van der Waals surface area contributed by atoms with Crippen LogP contribution in [-0.4, -0.2) is 0 Å². The van der Waals surface area contributed by atoms with Crippen molar-refractivity contribution in [3.63, 3.8) is 0 Å². The van der Waals surface area contributed by atoms with E-state index in [2.05, 4.69) is 0 Å². The molecule has 0 aromatic carbocycles. The summed E-state index contributed by atoms with van der Waals surface area (Å²) in [6.45, 7) is 3.98. The highest BCUT2D eigenvalue weighted by Crippen LogP contribution is 2.19. The Morgan fingerprint density at radius 2 is 2.25 bits per heavy atom. The van der Waals surface area contributed by atoms with E-state index in [9.17, 15) is 0 Å². The number of furan rings is 1. The highest BCUT2D eigenvalue weighted by atomic mass is 35.5. The summed E-state index contributed by atoms with van der Waals surface area (Å²) < 4.78 is 5.14. The summed E-state index contributed by atoms with van der Waals surface area (Å²) in [7, 11) is 0. The molecular formula is C9H12ClNO. The summed E-state index contributed by atoms with van der Waals surface area (Å²) in [6, 6.07) is 3.28. The molecule has 1 atom stereocenters. The number of halogens is 1. The zero-order valence-corrected chi connectivity index (χ0v) is 7.93. The number of nitrogens with two attached hydrogens (primary N) is 1. The highest BCUT2D eigenvalue weighted by molar-refractivity contribution is 6.28. The second-order valence-corrected chi connectivity index (χ2v) is 3.28. The van der Waals surface area contributed by atoms with Gasteiger partial charge in [0, 0.05) is 0 Å². The van der Waals surface area contributed by atoms with Crippen molar-refractivity contribution in [2.75, 3.05) is 0 Å². The third-order valence-corrected chi connectivity index (χ3v) is 1.64. The third-order valence-electron chi connectivity index (χ3n) is 1.44. The maximum Gasteiger partial charge on any atom is 0.193 e. The van der Waals surface area contributed by atoms with Gasteiger partial charge in [-0.05, 0) is 37.6 Å². The van der Waals surface area contributed by atoms with E-state index in [-0.39, 0.29) is 6.04 Å². The Kier molecular flexibility index (Phi) is 2.95. The lowest BCUT2D eigenvalue weighted by Gasteiger charge is -2.02. The van der Waals surface area contributed by atoms with Gasteiger partial charge in [0.1, 0.15) is 5.76 Å². The van der Waals surface area contributed by atoms with E-state index in [0.29, 0.717) is 11.0 Å². The molecule has 1 unspecified atom stereocenters. The summed E-state index contributed by atoms with van der Waals surface area (Å²) >= 11 is 5.60. The number of hydrogen-bond acceptors (Lipinski definition) is 2. The van der Waals surface area contributed by atoms with E-state index in [1.807, 2.05) is 19.9 Å². The molecule has 2 N–H and O–H groups in total. The Bertz CT molecular complexity index is 286. The van der Waals surface area contributed by atoms with Crippen molar-refractivity contribution in [2.45, 2.75) is 19.9 Å². The summed E-state index contributed by atoms with van der Waals surface area (Å²) in [5, 5.41) is 0.377. The molecule has 0 aliphatic rings. The van der Waals surface area contributed by atoms with Crippen LogP contribution in [0.1, 0.15) is 25.6 Å². The van der Waals surface area contributed by atoms with Crippen LogP contribution in [0.25, 0.3) is 0 Å². The molecule has 0 fully saturated rings. The molecule has 0 aliphatic carbocycles. The Hall–Kier alpha value is -0.730. The van der Waals surface area contributed by atoms with E-state index in [0.717, 1.165) is 5.57 Å². The zero-order valence-electron chi connectivity index (χ0n) is 7.17. The molecule has 1 rings (SSSR count). The van der Waals surface area contributed by atoms with Crippen LogP contribution in [-0.2, 0) is 0 Å². The Morgan fingerprint density at radius 3 is 2.67 bits per heavy atom. The quantitative estimate of drug-likeness (QED) is 0.720. The maximum absolute atomic E-state index is 5.78. The normalized spacial score (nSPS) is 12.7. The van der Waals surface area contributed by atoms with Gasteiger partial charge in [-0.25, -0.2) is 0 Å². The Labute approximate surface area is 77.0 Å². The van der Waals surface area contributed by atoms with Crippen LogP contribution in [0.2, 0.25) is 5.22 Å². The molecule has 0 spiro atoms. The average Bonchev–Trinajstić information content (AvgIpc) is 2.34. The molecule has 0 aliphatic heterocycles. The van der Waals surface area contributed by atoms with Crippen molar-refractivity contribution in [1.82, 2.24) is 0 Å². The van der Waals surface area contributed by atoms with Crippen molar-refractivity contribution < 1.29 is 4.42 Å². The molecule has 1 aromatic rings. The first-order valence-electron chi connectivity index (χ1n) is 3.75. The Balaban J connectivity index is 2.78. The standard InChI is InChI=1S/C9H12ClNO/c1-6(2)5-7(11)8-3-4-9(10)12-8/h3-5,7H,11H2,1-2H3. The topological polar surface area (TPSA) is 39.2 Å². The first-order valence-corrected chi connectivity index (χ1v) is 4.13. The fourth-order valence-electron chi connectivity index (χ4n) is 0.949. The minimum absolute atomic E-state index is 0.192. The van der Waals surface area contributed by atoms with E-state index >= 15 is 0 Å². The van der Waals surface area contributed by atoms with Gasteiger partial charge in [-0.2, -0.15) is 0 Å². The van der Waals surface area contributed by atoms with Gasteiger partial charge in [-0.15, -0.1) is 0 Å². The SMILES string of the molecule is CC(C)=CC(N)c1ccc(Cl)o1. The Morgan fingerprint density at radius 1 is 1.58 bits per heavy atom. The van der Waals surface area contributed by atoms with Crippen molar-refractivity contribution in [3.8, 4) is 0 Å². The predicted molar refractivity (Wildman–Crippen MR) is 50.1 cm³/mol. The fourth-order valence-corrected chi connectivity index (χ4v) is 1.10.